The molecule has 3 aromatic carbocycles. The zero-order valence-electron chi connectivity index (χ0n) is 16.4. The van der Waals surface area contributed by atoms with Gasteiger partial charge in [0.15, 0.2) is 6.10 Å². The number of hydrogen-bond acceptors (Lipinski definition) is 4. The van der Waals surface area contributed by atoms with Crippen LogP contribution >= 0.6 is 0 Å². The molecular formula is C24H23NO4. The summed E-state index contributed by atoms with van der Waals surface area (Å²) in [5.74, 6) is -0.226. The predicted octanol–water partition coefficient (Wildman–Crippen LogP) is 4.76. The summed E-state index contributed by atoms with van der Waals surface area (Å²) < 4.78 is 11.0. The minimum absolute atomic E-state index is 0.399. The highest BCUT2D eigenvalue weighted by Gasteiger charge is 2.19. The summed E-state index contributed by atoms with van der Waals surface area (Å²) in [7, 11) is 0. The van der Waals surface area contributed by atoms with Crippen LogP contribution in [0.1, 0.15) is 28.4 Å². The second-order valence-electron chi connectivity index (χ2n) is 6.70. The number of anilines is 1. The van der Waals surface area contributed by atoms with Crippen molar-refractivity contribution in [1.82, 2.24) is 0 Å². The number of carbonyl (C=O) groups is 2. The number of nitrogens with one attached hydrogen (secondary N) is 1. The van der Waals surface area contributed by atoms with Crippen molar-refractivity contribution < 1.29 is 19.1 Å². The molecule has 3 aromatic rings. The molecule has 0 aliphatic heterocycles. The monoisotopic (exact) mass is 389 g/mol. The molecule has 0 spiro atoms. The molecule has 0 fully saturated rings. The lowest BCUT2D eigenvalue weighted by Crippen LogP contribution is -2.30. The Kier molecular flexibility index (Phi) is 6.63. The average molecular weight is 389 g/mol. The Morgan fingerprint density at radius 1 is 0.931 bits per heavy atom. The van der Waals surface area contributed by atoms with Gasteiger partial charge in [-0.1, -0.05) is 48.0 Å². The molecule has 1 amide bonds. The van der Waals surface area contributed by atoms with Crippen LogP contribution in [0.3, 0.4) is 0 Å². The van der Waals surface area contributed by atoms with Crippen LogP contribution < -0.4 is 10.1 Å². The van der Waals surface area contributed by atoms with E-state index in [4.69, 9.17) is 9.47 Å². The van der Waals surface area contributed by atoms with Crippen LogP contribution in [0.4, 0.5) is 5.69 Å². The van der Waals surface area contributed by atoms with Crippen LogP contribution in [0.2, 0.25) is 0 Å². The summed E-state index contributed by atoms with van der Waals surface area (Å²) in [5, 5.41) is 2.74. The summed E-state index contributed by atoms with van der Waals surface area (Å²) >= 11 is 0. The first-order valence-electron chi connectivity index (χ1n) is 9.36. The Bertz CT molecular complexity index is 968. The zero-order chi connectivity index (χ0) is 20.6. The molecule has 1 N–H and O–H groups in total. The van der Waals surface area contributed by atoms with Crippen molar-refractivity contribution in [3.8, 4) is 5.75 Å². The van der Waals surface area contributed by atoms with Crippen molar-refractivity contribution in [2.24, 2.45) is 0 Å². The maximum Gasteiger partial charge on any atom is 0.338 e. The van der Waals surface area contributed by atoms with Crippen LogP contribution in [0.15, 0.2) is 78.9 Å². The fourth-order valence-corrected chi connectivity index (χ4v) is 2.67. The largest absolute Gasteiger partial charge is 0.489 e. The Labute approximate surface area is 170 Å². The number of amides is 1. The number of rotatable bonds is 7. The molecule has 0 aromatic heterocycles. The molecule has 0 saturated heterocycles. The van der Waals surface area contributed by atoms with Gasteiger partial charge in [0.2, 0.25) is 0 Å². The first-order valence-corrected chi connectivity index (χ1v) is 9.36. The third-order valence-corrected chi connectivity index (χ3v) is 4.28. The third-order valence-electron chi connectivity index (χ3n) is 4.28. The lowest BCUT2D eigenvalue weighted by Gasteiger charge is -2.14. The highest BCUT2D eigenvalue weighted by Crippen LogP contribution is 2.18. The standard InChI is InChI=1S/C24H23NO4/c1-17-7-6-10-20(15-17)24(27)29-18(2)23(26)25-21-11-13-22(14-12-21)28-16-19-8-4-3-5-9-19/h3-15,18H,16H2,1-2H3,(H,25,26). The molecule has 1 atom stereocenters. The van der Waals surface area contributed by atoms with Gasteiger partial charge >= 0.3 is 5.97 Å². The van der Waals surface area contributed by atoms with Gasteiger partial charge in [0.25, 0.3) is 5.91 Å². The summed E-state index contributed by atoms with van der Waals surface area (Å²) in [6.45, 7) is 3.90. The van der Waals surface area contributed by atoms with Gasteiger partial charge in [-0.2, -0.15) is 0 Å². The average Bonchev–Trinajstić information content (AvgIpc) is 2.74. The number of hydrogen-bond donors (Lipinski definition) is 1. The van der Waals surface area contributed by atoms with Crippen LogP contribution in [-0.2, 0) is 16.1 Å². The van der Waals surface area contributed by atoms with E-state index in [1.807, 2.05) is 43.3 Å². The molecular weight excluding hydrogens is 366 g/mol. The highest BCUT2D eigenvalue weighted by molar-refractivity contribution is 5.97. The summed E-state index contributed by atoms with van der Waals surface area (Å²) in [6, 6.07) is 24.0. The zero-order valence-corrected chi connectivity index (χ0v) is 16.4. The lowest BCUT2D eigenvalue weighted by molar-refractivity contribution is -0.123. The van der Waals surface area contributed by atoms with Crippen molar-refractivity contribution in [3.63, 3.8) is 0 Å². The van der Waals surface area contributed by atoms with E-state index in [-0.39, 0.29) is 0 Å². The van der Waals surface area contributed by atoms with E-state index in [1.54, 1.807) is 49.4 Å². The van der Waals surface area contributed by atoms with E-state index in [1.165, 1.54) is 0 Å². The van der Waals surface area contributed by atoms with Crippen LogP contribution in [-0.4, -0.2) is 18.0 Å². The SMILES string of the molecule is Cc1cccc(C(=O)OC(C)C(=O)Nc2ccc(OCc3ccccc3)cc2)c1. The molecule has 29 heavy (non-hydrogen) atoms. The Balaban J connectivity index is 1.51. The van der Waals surface area contributed by atoms with Gasteiger partial charge in [-0.3, -0.25) is 4.79 Å². The number of aryl methyl sites for hydroxylation is 1. The van der Waals surface area contributed by atoms with Gasteiger partial charge in [-0.05, 0) is 55.8 Å². The molecule has 0 aliphatic rings. The summed E-state index contributed by atoms with van der Waals surface area (Å²) in [5.41, 5.74) is 3.05. The summed E-state index contributed by atoms with van der Waals surface area (Å²) in [4.78, 5) is 24.5. The van der Waals surface area contributed by atoms with Crippen molar-refractivity contribution in [3.05, 3.63) is 95.6 Å². The molecule has 5 heteroatoms. The minimum Gasteiger partial charge on any atom is -0.489 e. The molecule has 0 bridgehead atoms. The molecule has 0 heterocycles. The smallest absolute Gasteiger partial charge is 0.338 e. The number of benzene rings is 3. The first kappa shape index (κ1) is 20.1. The van der Waals surface area contributed by atoms with Crippen molar-refractivity contribution in [2.75, 3.05) is 5.32 Å². The molecule has 148 valence electrons. The molecule has 1 unspecified atom stereocenters. The van der Waals surface area contributed by atoms with Gasteiger partial charge in [0, 0.05) is 5.69 Å². The molecule has 5 nitrogen and oxygen atoms in total. The Morgan fingerprint density at radius 2 is 1.66 bits per heavy atom. The normalized spacial score (nSPS) is 11.4. The fraction of sp³-hybridized carbons (Fsp3) is 0.167. The third kappa shape index (κ3) is 5.94. The van der Waals surface area contributed by atoms with E-state index in [2.05, 4.69) is 5.32 Å². The number of ether oxygens (including phenoxy) is 2. The van der Waals surface area contributed by atoms with E-state index in [9.17, 15) is 9.59 Å². The fourth-order valence-electron chi connectivity index (χ4n) is 2.67. The van der Waals surface area contributed by atoms with Crippen molar-refractivity contribution in [1.29, 1.82) is 0 Å². The van der Waals surface area contributed by atoms with Crippen LogP contribution in [0.25, 0.3) is 0 Å². The number of esters is 1. The highest BCUT2D eigenvalue weighted by atomic mass is 16.5. The number of carbonyl (C=O) groups excluding carboxylic acids is 2. The molecule has 0 aliphatic carbocycles. The topological polar surface area (TPSA) is 64.6 Å². The van der Waals surface area contributed by atoms with Gasteiger partial charge in [-0.25, -0.2) is 4.79 Å². The Hall–Kier alpha value is -3.60. The van der Waals surface area contributed by atoms with E-state index in [0.717, 1.165) is 11.1 Å². The quantitative estimate of drug-likeness (QED) is 0.592. The molecule has 3 rings (SSSR count). The van der Waals surface area contributed by atoms with Gasteiger partial charge in [0.05, 0.1) is 5.56 Å². The Morgan fingerprint density at radius 3 is 2.34 bits per heavy atom. The van der Waals surface area contributed by atoms with Gasteiger partial charge in [0.1, 0.15) is 12.4 Å². The maximum atomic E-state index is 12.3. The van der Waals surface area contributed by atoms with E-state index >= 15 is 0 Å². The molecule has 0 saturated carbocycles. The lowest BCUT2D eigenvalue weighted by atomic mass is 10.1. The second kappa shape index (κ2) is 9.55. The van der Waals surface area contributed by atoms with E-state index in [0.29, 0.717) is 23.6 Å². The van der Waals surface area contributed by atoms with Crippen molar-refractivity contribution >= 4 is 17.6 Å². The van der Waals surface area contributed by atoms with Gasteiger partial charge in [-0.15, -0.1) is 0 Å². The van der Waals surface area contributed by atoms with Crippen molar-refractivity contribution in [2.45, 2.75) is 26.6 Å². The minimum atomic E-state index is -0.919. The summed E-state index contributed by atoms with van der Waals surface area (Å²) in [6.07, 6.45) is -0.919. The van der Waals surface area contributed by atoms with Crippen LogP contribution in [0.5, 0.6) is 5.75 Å². The molecule has 0 radical (unpaired) electrons. The maximum absolute atomic E-state index is 12.3. The van der Waals surface area contributed by atoms with Gasteiger partial charge < -0.3 is 14.8 Å². The van der Waals surface area contributed by atoms with E-state index < -0.39 is 18.0 Å². The first-order chi connectivity index (χ1) is 14.0. The second-order valence-corrected chi connectivity index (χ2v) is 6.70. The predicted molar refractivity (Wildman–Crippen MR) is 112 cm³/mol. The van der Waals surface area contributed by atoms with Crippen LogP contribution in [0, 0.1) is 6.92 Å².